The lowest BCUT2D eigenvalue weighted by Crippen LogP contribution is -2.55. The van der Waals surface area contributed by atoms with Gasteiger partial charge in [-0.25, -0.2) is 0 Å². The van der Waals surface area contributed by atoms with E-state index in [1.165, 1.54) is 0 Å². The van der Waals surface area contributed by atoms with Crippen molar-refractivity contribution in [2.75, 3.05) is 31.2 Å². The van der Waals surface area contributed by atoms with Crippen LogP contribution >= 0.6 is 11.8 Å². The van der Waals surface area contributed by atoms with Gasteiger partial charge < -0.3 is 19.6 Å². The van der Waals surface area contributed by atoms with Crippen molar-refractivity contribution in [3.63, 3.8) is 0 Å². The number of ether oxygens (including phenoxy) is 1. The predicted octanol–water partition coefficient (Wildman–Crippen LogP) is 4.59. The molecule has 4 rings (SSSR count). The standard InChI is InChI=1S/C31H42N2O5S/c1-5-7-20-38-30(37)24-23-15-16-31(39-23)25(24)28(35)33(18-10-8-9-11-19-34)27(31)29(36)32(17-6-2)26-21(3)13-12-14-22(26)4/h5-6,12-14,23-25,27,34H,1-2,7-11,15-20H2,3-4H3/t23-,24+,25-,27?,31?/m0/s1. The van der Waals surface area contributed by atoms with Crippen molar-refractivity contribution in [2.24, 2.45) is 11.8 Å². The summed E-state index contributed by atoms with van der Waals surface area (Å²) in [5, 5.41) is 9.14. The highest BCUT2D eigenvalue weighted by Gasteiger charge is 2.74. The van der Waals surface area contributed by atoms with Gasteiger partial charge in [0.15, 0.2) is 0 Å². The van der Waals surface area contributed by atoms with Crippen LogP contribution in [0.2, 0.25) is 0 Å². The van der Waals surface area contributed by atoms with Gasteiger partial charge in [0, 0.05) is 30.6 Å². The summed E-state index contributed by atoms with van der Waals surface area (Å²) in [6, 6.07) is 5.31. The molecule has 8 heteroatoms. The Hall–Kier alpha value is -2.58. The number of hydrogen-bond donors (Lipinski definition) is 1. The number of esters is 1. The van der Waals surface area contributed by atoms with Crippen molar-refractivity contribution in [1.82, 2.24) is 4.90 Å². The Balaban J connectivity index is 1.71. The van der Waals surface area contributed by atoms with Crippen LogP contribution in [0.25, 0.3) is 0 Å². The number of hydrogen-bond acceptors (Lipinski definition) is 6. The van der Waals surface area contributed by atoms with Crippen LogP contribution in [0.15, 0.2) is 43.5 Å². The third kappa shape index (κ3) is 5.42. The normalized spacial score (nSPS) is 26.9. The molecular formula is C31H42N2O5S. The highest BCUT2D eigenvalue weighted by molar-refractivity contribution is 8.02. The Labute approximate surface area is 236 Å². The maximum atomic E-state index is 14.7. The first-order valence-corrected chi connectivity index (χ1v) is 15.1. The van der Waals surface area contributed by atoms with Gasteiger partial charge >= 0.3 is 5.97 Å². The van der Waals surface area contributed by atoms with Gasteiger partial charge in [0.2, 0.25) is 5.91 Å². The van der Waals surface area contributed by atoms with Gasteiger partial charge in [-0.05, 0) is 57.1 Å². The lowest BCUT2D eigenvalue weighted by Gasteiger charge is -2.38. The number of para-hydroxylation sites is 1. The SMILES string of the molecule is C=CCCOC(=O)[C@@H]1[C@@H]2CCC3(S2)C(C(=O)N(CC=C)c2c(C)cccc2C)N(CCCCCCO)C(=O)[C@H]13. The van der Waals surface area contributed by atoms with Gasteiger partial charge in [0.05, 0.1) is 23.2 Å². The molecule has 1 spiro atoms. The maximum Gasteiger partial charge on any atom is 0.310 e. The zero-order valence-corrected chi connectivity index (χ0v) is 24.1. The number of amides is 2. The van der Waals surface area contributed by atoms with Crippen LogP contribution in [0.5, 0.6) is 0 Å². The first-order valence-electron chi connectivity index (χ1n) is 14.2. The average Bonchev–Trinajstić information content (AvgIpc) is 3.55. The molecule has 0 aliphatic carbocycles. The van der Waals surface area contributed by atoms with E-state index in [4.69, 9.17) is 9.84 Å². The van der Waals surface area contributed by atoms with Crippen molar-refractivity contribution in [2.45, 2.75) is 74.8 Å². The number of aliphatic hydroxyl groups excluding tert-OH is 1. The first-order chi connectivity index (χ1) is 18.8. The highest BCUT2D eigenvalue weighted by Crippen LogP contribution is 2.66. The Kier molecular flexibility index (Phi) is 9.60. The molecule has 3 fully saturated rings. The monoisotopic (exact) mass is 554 g/mol. The Morgan fingerprint density at radius 3 is 2.56 bits per heavy atom. The zero-order chi connectivity index (χ0) is 28.2. The molecule has 1 aromatic carbocycles. The van der Waals surface area contributed by atoms with Crippen LogP contribution < -0.4 is 4.90 Å². The van der Waals surface area contributed by atoms with Gasteiger partial charge in [0.25, 0.3) is 5.91 Å². The fraction of sp³-hybridized carbons (Fsp3) is 0.581. The van der Waals surface area contributed by atoms with E-state index in [9.17, 15) is 14.4 Å². The number of anilines is 1. The number of unbranched alkanes of at least 4 members (excludes halogenated alkanes) is 3. The van der Waals surface area contributed by atoms with Gasteiger partial charge in [0.1, 0.15) is 6.04 Å². The van der Waals surface area contributed by atoms with Crippen molar-refractivity contribution in [3.8, 4) is 0 Å². The largest absolute Gasteiger partial charge is 0.465 e. The van der Waals surface area contributed by atoms with Gasteiger partial charge in [-0.2, -0.15) is 0 Å². The lowest BCUT2D eigenvalue weighted by molar-refractivity contribution is -0.154. The molecular weight excluding hydrogens is 512 g/mol. The third-order valence-electron chi connectivity index (χ3n) is 8.47. The Morgan fingerprint density at radius 1 is 1.18 bits per heavy atom. The van der Waals surface area contributed by atoms with E-state index in [0.29, 0.717) is 19.5 Å². The van der Waals surface area contributed by atoms with Gasteiger partial charge in [-0.1, -0.05) is 43.2 Å². The Morgan fingerprint density at radius 2 is 1.90 bits per heavy atom. The molecule has 3 aliphatic rings. The fourth-order valence-corrected chi connectivity index (χ4v) is 9.03. The van der Waals surface area contributed by atoms with Crippen molar-refractivity contribution >= 4 is 35.2 Å². The fourth-order valence-electron chi connectivity index (χ4n) is 6.83. The molecule has 7 nitrogen and oxygen atoms in total. The van der Waals surface area contributed by atoms with E-state index in [1.807, 2.05) is 32.0 Å². The van der Waals surface area contributed by atoms with Crippen LogP contribution in [0, 0.1) is 25.7 Å². The number of benzene rings is 1. The molecule has 39 heavy (non-hydrogen) atoms. The predicted molar refractivity (Wildman–Crippen MR) is 156 cm³/mol. The van der Waals surface area contributed by atoms with E-state index in [1.54, 1.807) is 33.7 Å². The summed E-state index contributed by atoms with van der Waals surface area (Å²) in [4.78, 5) is 45.7. The number of fused-ring (bicyclic) bond motifs is 1. The van der Waals surface area contributed by atoms with Crippen LogP contribution in [-0.4, -0.2) is 70.1 Å². The van der Waals surface area contributed by atoms with E-state index in [-0.39, 0.29) is 36.2 Å². The Bertz CT molecular complexity index is 1090. The summed E-state index contributed by atoms with van der Waals surface area (Å²) >= 11 is 1.67. The van der Waals surface area contributed by atoms with Crippen LogP contribution in [-0.2, 0) is 19.1 Å². The van der Waals surface area contributed by atoms with Crippen molar-refractivity contribution in [3.05, 3.63) is 54.6 Å². The van der Waals surface area contributed by atoms with E-state index >= 15 is 0 Å². The molecule has 0 saturated carbocycles. The van der Waals surface area contributed by atoms with Gasteiger partial charge in [-0.3, -0.25) is 14.4 Å². The molecule has 2 bridgehead atoms. The summed E-state index contributed by atoms with van der Waals surface area (Å²) in [5.74, 6) is -1.64. The van der Waals surface area contributed by atoms with Crippen LogP contribution in [0.4, 0.5) is 5.69 Å². The molecule has 5 atom stereocenters. The number of likely N-dealkylation sites (tertiary alicyclic amines) is 1. The summed E-state index contributed by atoms with van der Waals surface area (Å²) < 4.78 is 4.94. The second-order valence-corrected chi connectivity index (χ2v) is 12.5. The molecule has 3 heterocycles. The minimum Gasteiger partial charge on any atom is -0.465 e. The third-order valence-corrected chi connectivity index (χ3v) is 10.4. The molecule has 3 aliphatic heterocycles. The van der Waals surface area contributed by atoms with E-state index < -0.39 is 22.6 Å². The number of carbonyl (C=O) groups excluding carboxylic acids is 3. The minimum atomic E-state index is -0.659. The molecule has 0 aromatic heterocycles. The minimum absolute atomic E-state index is 0.0229. The number of thioether (sulfide) groups is 1. The number of aliphatic hydroxyl groups is 1. The summed E-state index contributed by atoms with van der Waals surface area (Å²) in [7, 11) is 0. The van der Waals surface area contributed by atoms with Crippen LogP contribution in [0.3, 0.4) is 0 Å². The van der Waals surface area contributed by atoms with Crippen molar-refractivity contribution < 1.29 is 24.2 Å². The number of nitrogens with zero attached hydrogens (tertiary/aromatic N) is 2. The quantitative estimate of drug-likeness (QED) is 0.206. The second kappa shape index (κ2) is 12.7. The number of carbonyl (C=O) groups is 3. The highest BCUT2D eigenvalue weighted by atomic mass is 32.2. The molecule has 0 radical (unpaired) electrons. The first kappa shape index (κ1) is 29.4. The molecule has 1 N–H and O–H groups in total. The summed E-state index contributed by atoms with van der Waals surface area (Å²) in [6.07, 6.45) is 8.70. The molecule has 2 amide bonds. The van der Waals surface area contributed by atoms with Crippen molar-refractivity contribution in [1.29, 1.82) is 0 Å². The van der Waals surface area contributed by atoms with Gasteiger partial charge in [-0.15, -0.1) is 24.9 Å². The smallest absolute Gasteiger partial charge is 0.310 e. The molecule has 2 unspecified atom stereocenters. The maximum absolute atomic E-state index is 14.7. The topological polar surface area (TPSA) is 87.2 Å². The average molecular weight is 555 g/mol. The van der Waals surface area contributed by atoms with E-state index in [0.717, 1.165) is 55.3 Å². The molecule has 3 saturated heterocycles. The number of aryl methyl sites for hydroxylation is 2. The zero-order valence-electron chi connectivity index (χ0n) is 23.3. The molecule has 212 valence electrons. The lowest BCUT2D eigenvalue weighted by atomic mass is 9.71. The van der Waals surface area contributed by atoms with E-state index in [2.05, 4.69) is 13.2 Å². The summed E-state index contributed by atoms with van der Waals surface area (Å²) in [5.41, 5.74) is 2.84. The molecule has 1 aromatic rings. The second-order valence-electron chi connectivity index (χ2n) is 10.9. The number of rotatable bonds is 14. The van der Waals surface area contributed by atoms with Crippen LogP contribution in [0.1, 0.15) is 56.1 Å². The summed E-state index contributed by atoms with van der Waals surface area (Å²) in [6.45, 7) is 12.8.